The minimum atomic E-state index is -0.408. The molecule has 1 aliphatic heterocycles. The van der Waals surface area contributed by atoms with Gasteiger partial charge in [0, 0.05) is 42.7 Å². The minimum Gasteiger partial charge on any atom is -0.487 e. The van der Waals surface area contributed by atoms with Crippen LogP contribution in [0.4, 0.5) is 0 Å². The highest BCUT2D eigenvalue weighted by molar-refractivity contribution is 6.06. The van der Waals surface area contributed by atoms with Crippen molar-refractivity contribution in [3.05, 3.63) is 94.2 Å². The number of rotatable bonds is 5. The summed E-state index contributed by atoms with van der Waals surface area (Å²) < 4.78 is 14.1. The minimum absolute atomic E-state index is 0.0671. The molecule has 3 aromatic rings. The van der Waals surface area contributed by atoms with Crippen LogP contribution >= 0.6 is 0 Å². The van der Waals surface area contributed by atoms with Crippen LogP contribution in [-0.2, 0) is 20.9 Å². The van der Waals surface area contributed by atoms with Crippen molar-refractivity contribution in [2.45, 2.75) is 72.8 Å². The molecule has 7 nitrogen and oxygen atoms in total. The summed E-state index contributed by atoms with van der Waals surface area (Å²) in [4.78, 5) is 26.9. The third-order valence-corrected chi connectivity index (χ3v) is 8.02. The molecule has 7 heteroatoms. The first-order valence-corrected chi connectivity index (χ1v) is 13.9. The van der Waals surface area contributed by atoms with Crippen LogP contribution < -0.4 is 4.74 Å². The zero-order valence-corrected chi connectivity index (χ0v) is 23.8. The van der Waals surface area contributed by atoms with Gasteiger partial charge in [0.2, 0.25) is 0 Å². The highest BCUT2D eigenvalue weighted by Gasteiger charge is 2.47. The maximum Gasteiger partial charge on any atom is 0.163 e. The lowest BCUT2D eigenvalue weighted by atomic mass is 9.65. The standard InChI is InChI=1S/C33H35N3O4/c1-20-6-10-23(11-7-20)36-18-22(34-35-36)19-39-24-12-8-21(9-13-24)29-30-25(37)14-32(2,3)16-27(30)40-28-17-33(4,5)15-26(38)31(28)29/h6-13,18,29H,14-17,19H2,1-5H3. The number of Topliss-reactive ketones (excluding diaryl/α,β-unsaturated/α-hetero) is 2. The molecule has 0 amide bonds. The second kappa shape index (κ2) is 9.58. The summed E-state index contributed by atoms with van der Waals surface area (Å²) in [6, 6.07) is 15.8. The molecular weight excluding hydrogens is 502 g/mol. The number of allylic oxidation sites excluding steroid dienone is 4. The van der Waals surface area contributed by atoms with Crippen LogP contribution in [0.3, 0.4) is 0 Å². The molecule has 1 aromatic heterocycles. The molecule has 2 aliphatic carbocycles. The fourth-order valence-electron chi connectivity index (χ4n) is 6.11. The maximum atomic E-state index is 13.5. The van der Waals surface area contributed by atoms with E-state index in [0.29, 0.717) is 48.3 Å². The van der Waals surface area contributed by atoms with E-state index in [4.69, 9.17) is 9.47 Å². The number of aryl methyl sites for hydroxylation is 1. The fraction of sp³-hybridized carbons (Fsp3) is 0.394. The summed E-state index contributed by atoms with van der Waals surface area (Å²) in [5.41, 5.74) is 4.68. The Bertz CT molecular complexity index is 1500. The molecule has 0 N–H and O–H groups in total. The predicted octanol–water partition coefficient (Wildman–Crippen LogP) is 6.55. The number of hydrogen-bond acceptors (Lipinski definition) is 6. The summed E-state index contributed by atoms with van der Waals surface area (Å²) in [5.74, 6) is 1.86. The number of carbonyl (C=O) groups excluding carboxylic acids is 2. The molecule has 0 unspecified atom stereocenters. The van der Waals surface area contributed by atoms with Gasteiger partial charge in [0.1, 0.15) is 29.6 Å². The fourth-order valence-corrected chi connectivity index (χ4v) is 6.11. The average molecular weight is 538 g/mol. The number of carbonyl (C=O) groups is 2. The molecule has 0 fully saturated rings. The van der Waals surface area contributed by atoms with Crippen LogP contribution in [0.25, 0.3) is 5.69 Å². The second-order valence-corrected chi connectivity index (χ2v) is 12.9. The van der Waals surface area contributed by atoms with Gasteiger partial charge >= 0.3 is 0 Å². The lowest BCUT2D eigenvalue weighted by molar-refractivity contribution is -0.120. The van der Waals surface area contributed by atoms with Gasteiger partial charge < -0.3 is 9.47 Å². The molecule has 0 atom stereocenters. The second-order valence-electron chi connectivity index (χ2n) is 12.9. The van der Waals surface area contributed by atoms with Crippen molar-refractivity contribution < 1.29 is 19.1 Å². The molecule has 0 saturated carbocycles. The molecule has 2 heterocycles. The van der Waals surface area contributed by atoms with Gasteiger partial charge in [-0.2, -0.15) is 0 Å². The number of ether oxygens (including phenoxy) is 2. The Hall–Kier alpha value is -4.00. The Balaban J connectivity index is 1.25. The van der Waals surface area contributed by atoms with Crippen LogP contribution in [0, 0.1) is 17.8 Å². The summed E-state index contributed by atoms with van der Waals surface area (Å²) in [6.07, 6.45) is 4.10. The van der Waals surface area contributed by atoms with Crippen LogP contribution in [0.1, 0.15) is 76.1 Å². The van der Waals surface area contributed by atoms with Crippen LogP contribution in [0.5, 0.6) is 5.75 Å². The number of benzene rings is 2. The van der Waals surface area contributed by atoms with Crippen LogP contribution in [0.15, 0.2) is 77.4 Å². The average Bonchev–Trinajstić information content (AvgIpc) is 3.34. The van der Waals surface area contributed by atoms with E-state index < -0.39 is 5.92 Å². The van der Waals surface area contributed by atoms with E-state index in [1.165, 1.54) is 5.56 Å². The molecule has 0 radical (unpaired) electrons. The smallest absolute Gasteiger partial charge is 0.163 e. The van der Waals surface area contributed by atoms with Crippen molar-refractivity contribution in [1.29, 1.82) is 0 Å². The summed E-state index contributed by atoms with van der Waals surface area (Å²) in [7, 11) is 0. The molecule has 3 aliphatic rings. The van der Waals surface area contributed by atoms with Crippen molar-refractivity contribution in [1.82, 2.24) is 15.0 Å². The molecule has 6 rings (SSSR count). The van der Waals surface area contributed by atoms with Gasteiger partial charge in [-0.1, -0.05) is 62.7 Å². The highest BCUT2D eigenvalue weighted by Crippen LogP contribution is 2.53. The van der Waals surface area contributed by atoms with E-state index in [1.54, 1.807) is 4.68 Å². The SMILES string of the molecule is Cc1ccc(-n2cc(COc3ccc(C4C5=C(CC(C)(C)CC5=O)OC5=C4C(=O)CC(C)(C)C5)cc3)nn2)cc1. The lowest BCUT2D eigenvalue weighted by Gasteiger charge is -2.42. The van der Waals surface area contributed by atoms with Crippen molar-refractivity contribution >= 4 is 11.6 Å². The van der Waals surface area contributed by atoms with Gasteiger partial charge in [-0.15, -0.1) is 5.10 Å². The van der Waals surface area contributed by atoms with E-state index in [-0.39, 0.29) is 29.0 Å². The Kier molecular flexibility index (Phi) is 6.28. The number of hydrogen-bond donors (Lipinski definition) is 0. The van der Waals surface area contributed by atoms with E-state index in [9.17, 15) is 9.59 Å². The largest absolute Gasteiger partial charge is 0.487 e. The molecule has 0 saturated heterocycles. The Labute approximate surface area is 234 Å². The lowest BCUT2D eigenvalue weighted by Crippen LogP contribution is -2.37. The zero-order chi connectivity index (χ0) is 28.2. The van der Waals surface area contributed by atoms with Crippen molar-refractivity contribution in [3.8, 4) is 11.4 Å². The summed E-state index contributed by atoms with van der Waals surface area (Å²) in [6.45, 7) is 10.7. The molecule has 0 bridgehead atoms. The van der Waals surface area contributed by atoms with Gasteiger partial charge in [-0.25, -0.2) is 4.68 Å². The first-order chi connectivity index (χ1) is 19.0. The van der Waals surface area contributed by atoms with Crippen molar-refractivity contribution in [2.75, 3.05) is 0 Å². The maximum absolute atomic E-state index is 13.5. The summed E-state index contributed by atoms with van der Waals surface area (Å²) >= 11 is 0. The number of nitrogens with zero attached hydrogens (tertiary/aromatic N) is 3. The zero-order valence-electron chi connectivity index (χ0n) is 23.8. The number of aromatic nitrogens is 3. The first-order valence-electron chi connectivity index (χ1n) is 13.9. The van der Waals surface area contributed by atoms with Gasteiger partial charge in [0.25, 0.3) is 0 Å². The monoisotopic (exact) mass is 537 g/mol. The van der Waals surface area contributed by atoms with Gasteiger partial charge in [0.15, 0.2) is 11.6 Å². The quantitative estimate of drug-likeness (QED) is 0.367. The van der Waals surface area contributed by atoms with Crippen LogP contribution in [-0.4, -0.2) is 26.6 Å². The van der Waals surface area contributed by atoms with E-state index >= 15 is 0 Å². The molecule has 2 aromatic carbocycles. The van der Waals surface area contributed by atoms with E-state index in [0.717, 1.165) is 22.8 Å². The molecule has 0 spiro atoms. The third kappa shape index (κ3) is 5.01. The van der Waals surface area contributed by atoms with Crippen molar-refractivity contribution in [3.63, 3.8) is 0 Å². The number of ketones is 2. The van der Waals surface area contributed by atoms with Gasteiger partial charge in [-0.05, 0) is 47.6 Å². The Morgan fingerprint density at radius 1 is 0.850 bits per heavy atom. The first kappa shape index (κ1) is 26.2. The normalized spacial score (nSPS) is 20.2. The summed E-state index contributed by atoms with van der Waals surface area (Å²) in [5, 5.41) is 8.45. The van der Waals surface area contributed by atoms with Crippen molar-refractivity contribution in [2.24, 2.45) is 10.8 Å². The molecular formula is C33H35N3O4. The Morgan fingerprint density at radius 3 is 2.00 bits per heavy atom. The molecule has 40 heavy (non-hydrogen) atoms. The van der Waals surface area contributed by atoms with Gasteiger partial charge in [-0.3, -0.25) is 9.59 Å². The topological polar surface area (TPSA) is 83.3 Å². The van der Waals surface area contributed by atoms with Crippen LogP contribution in [0.2, 0.25) is 0 Å². The Morgan fingerprint density at radius 2 is 1.43 bits per heavy atom. The third-order valence-electron chi connectivity index (χ3n) is 8.02. The highest BCUT2D eigenvalue weighted by atomic mass is 16.5. The van der Waals surface area contributed by atoms with E-state index in [1.807, 2.05) is 61.7 Å². The predicted molar refractivity (Wildman–Crippen MR) is 151 cm³/mol. The van der Waals surface area contributed by atoms with E-state index in [2.05, 4.69) is 38.0 Å². The molecule has 206 valence electrons. The van der Waals surface area contributed by atoms with Gasteiger partial charge in [0.05, 0.1) is 11.9 Å².